The van der Waals surface area contributed by atoms with Crippen molar-refractivity contribution >= 4 is 52.2 Å². The molecule has 14 heteroatoms. The number of ketones is 1. The number of nitrogens with zero attached hydrogens (tertiary/aromatic N) is 2. The topological polar surface area (TPSA) is 73.2 Å². The molecule has 0 atom stereocenters. The number of aliphatic hydroxyl groups excluding tert-OH is 1. The van der Waals surface area contributed by atoms with Crippen LogP contribution in [0.3, 0.4) is 0 Å². The van der Waals surface area contributed by atoms with Crippen molar-refractivity contribution in [2.24, 2.45) is 0 Å². The van der Waals surface area contributed by atoms with E-state index in [4.69, 9.17) is 61.4 Å². The summed E-state index contributed by atoms with van der Waals surface area (Å²) in [6.45, 7) is 5.27. The Morgan fingerprint density at radius 2 is 0.910 bits per heavy atom. The predicted molar refractivity (Wildman–Crippen MR) is 265 cm³/mol. The number of phenolic OH excluding ortho intramolecular Hbond substituents is 1. The van der Waals surface area contributed by atoms with E-state index < -0.39 is 24.0 Å². The monoisotopic (exact) mass is 1000 g/mol. The van der Waals surface area contributed by atoms with E-state index in [1.807, 2.05) is 111 Å². The fraction of sp³-hybridized carbons (Fsp3) is 0.302. The smallest absolute Gasteiger partial charge is 0.308 e. The van der Waals surface area contributed by atoms with Gasteiger partial charge in [0.15, 0.2) is 5.78 Å². The van der Waals surface area contributed by atoms with Crippen LogP contribution in [0.2, 0.25) is 20.1 Å². The summed E-state index contributed by atoms with van der Waals surface area (Å²) >= 11 is 24.1. The van der Waals surface area contributed by atoms with Gasteiger partial charge in [0.1, 0.15) is 18.1 Å². The minimum atomic E-state index is -3.35. The van der Waals surface area contributed by atoms with Crippen LogP contribution in [0, 0.1) is 0 Å². The van der Waals surface area contributed by atoms with E-state index in [0.717, 1.165) is 48.1 Å². The molecule has 6 rings (SSSR count). The number of aromatic hydroxyl groups is 1. The van der Waals surface area contributed by atoms with Gasteiger partial charge < -0.3 is 24.7 Å². The molecule has 0 saturated heterocycles. The van der Waals surface area contributed by atoms with Gasteiger partial charge in [0.05, 0.1) is 6.61 Å². The van der Waals surface area contributed by atoms with Crippen LogP contribution < -0.4 is 4.74 Å². The first kappa shape index (κ1) is 55.0. The van der Waals surface area contributed by atoms with Crippen molar-refractivity contribution in [1.29, 1.82) is 0 Å². The highest BCUT2D eigenvalue weighted by molar-refractivity contribution is 6.31. The van der Waals surface area contributed by atoms with Crippen molar-refractivity contribution < 1.29 is 37.3 Å². The molecule has 0 aliphatic carbocycles. The highest BCUT2D eigenvalue weighted by Gasteiger charge is 2.35. The van der Waals surface area contributed by atoms with Gasteiger partial charge in [0.2, 0.25) is 5.92 Å². The maximum Gasteiger partial charge on any atom is 0.308 e. The first-order valence-corrected chi connectivity index (χ1v) is 23.0. The first-order valence-electron chi connectivity index (χ1n) is 21.5. The lowest BCUT2D eigenvalue weighted by Gasteiger charge is -2.25. The van der Waals surface area contributed by atoms with Crippen LogP contribution in [-0.4, -0.2) is 91.1 Å². The van der Waals surface area contributed by atoms with Crippen molar-refractivity contribution in [3.05, 3.63) is 199 Å². The Morgan fingerprint density at radius 1 is 0.567 bits per heavy atom. The molecule has 2 N–H and O–H groups in total. The van der Waals surface area contributed by atoms with Crippen LogP contribution in [0.25, 0.3) is 0 Å². The Bertz CT molecular complexity index is 2280. The second-order valence-electron chi connectivity index (χ2n) is 16.4. The molecule has 0 saturated carbocycles. The summed E-state index contributed by atoms with van der Waals surface area (Å²) in [5.41, 5.74) is 5.62. The van der Waals surface area contributed by atoms with E-state index in [1.54, 1.807) is 24.3 Å². The van der Waals surface area contributed by atoms with Crippen molar-refractivity contribution in [3.63, 3.8) is 0 Å². The molecule has 6 aromatic rings. The van der Waals surface area contributed by atoms with E-state index in [-0.39, 0.29) is 30.6 Å². The van der Waals surface area contributed by atoms with Crippen LogP contribution in [0.4, 0.5) is 17.6 Å². The summed E-state index contributed by atoms with van der Waals surface area (Å²) < 4.78 is 57.9. The second-order valence-corrected chi connectivity index (χ2v) is 18.1. The predicted octanol–water partition coefficient (Wildman–Crippen LogP) is 13.5. The average molecular weight is 1000 g/mol. The van der Waals surface area contributed by atoms with Gasteiger partial charge >= 0.3 is 5.92 Å². The lowest BCUT2D eigenvalue weighted by molar-refractivity contribution is -0.140. The number of ether oxygens (including phenoxy) is 1. The number of aliphatic hydroxyl groups is 1. The lowest BCUT2D eigenvalue weighted by atomic mass is 9.91. The zero-order valence-corrected chi connectivity index (χ0v) is 40.8. The number of carbonyl (C=O) groups is 1. The molecule has 0 fully saturated rings. The summed E-state index contributed by atoms with van der Waals surface area (Å²) in [7, 11) is 4.03. The molecule has 0 bridgehead atoms. The molecule has 0 aliphatic heterocycles. The summed E-state index contributed by atoms with van der Waals surface area (Å²) in [6.07, 6.45) is -0.893. The quantitative estimate of drug-likeness (QED) is 0.0788. The van der Waals surface area contributed by atoms with Crippen molar-refractivity contribution in [2.45, 2.75) is 50.4 Å². The Labute approximate surface area is 411 Å². The Morgan fingerprint density at radius 3 is 1.25 bits per heavy atom. The van der Waals surface area contributed by atoms with Gasteiger partial charge in [-0.15, -0.1) is 0 Å². The maximum atomic E-state index is 13.6. The largest absolute Gasteiger partial charge is 0.508 e. The normalized spacial score (nSPS) is 11.6. The summed E-state index contributed by atoms with van der Waals surface area (Å²) in [5.74, 6) is -6.13. The number of Topliss-reactive ketones (excluding diaryl/α,β-unsaturated/α-hetero) is 1. The highest BCUT2D eigenvalue weighted by Crippen LogP contribution is 2.30. The second kappa shape index (κ2) is 26.8. The summed E-state index contributed by atoms with van der Waals surface area (Å²) in [6, 6.07) is 43.7. The molecule has 0 radical (unpaired) electrons. The molecule has 0 spiro atoms. The van der Waals surface area contributed by atoms with Gasteiger partial charge in [-0.05, 0) is 127 Å². The average Bonchev–Trinajstić information content (AvgIpc) is 3.27. The molecular weight excluding hydrogens is 946 g/mol. The molecule has 358 valence electrons. The molecule has 6 nitrogen and oxygen atoms in total. The third-order valence-corrected chi connectivity index (χ3v) is 11.6. The number of hydrogen-bond donors (Lipinski definition) is 2. The third-order valence-electron chi connectivity index (χ3n) is 10.6. The van der Waals surface area contributed by atoms with E-state index in [2.05, 4.69) is 9.80 Å². The van der Waals surface area contributed by atoms with Crippen LogP contribution in [0.1, 0.15) is 59.1 Å². The zero-order valence-electron chi connectivity index (χ0n) is 37.8. The van der Waals surface area contributed by atoms with E-state index in [1.165, 1.54) is 35.4 Å². The third kappa shape index (κ3) is 19.8. The fourth-order valence-electron chi connectivity index (χ4n) is 6.94. The van der Waals surface area contributed by atoms with Gasteiger partial charge in [0.25, 0.3) is 0 Å². The van der Waals surface area contributed by atoms with Crippen molar-refractivity contribution in [3.8, 4) is 11.5 Å². The van der Waals surface area contributed by atoms with E-state index in [0.29, 0.717) is 46.6 Å². The number of rotatable bonds is 19. The van der Waals surface area contributed by atoms with Crippen LogP contribution >= 0.6 is 46.4 Å². The minimum absolute atomic E-state index is 0.0955. The van der Waals surface area contributed by atoms with Crippen molar-refractivity contribution in [2.75, 3.05) is 53.5 Å². The number of hydrogen-bond acceptors (Lipinski definition) is 6. The lowest BCUT2D eigenvalue weighted by Crippen LogP contribution is -2.29. The molecule has 0 aromatic heterocycles. The Hall–Kier alpha value is -4.65. The number of alkyl halides is 4. The van der Waals surface area contributed by atoms with Crippen molar-refractivity contribution in [1.82, 2.24) is 9.80 Å². The van der Waals surface area contributed by atoms with Gasteiger partial charge in [0, 0.05) is 77.9 Å². The zero-order chi connectivity index (χ0) is 49.1. The minimum Gasteiger partial charge on any atom is -0.508 e. The highest BCUT2D eigenvalue weighted by atomic mass is 35.5. The van der Waals surface area contributed by atoms with Gasteiger partial charge in [-0.1, -0.05) is 119 Å². The maximum absolute atomic E-state index is 13.6. The van der Waals surface area contributed by atoms with Crippen LogP contribution in [0.15, 0.2) is 146 Å². The molecule has 6 aromatic carbocycles. The van der Waals surface area contributed by atoms with E-state index >= 15 is 0 Å². The van der Waals surface area contributed by atoms with Gasteiger partial charge in [-0.3, -0.25) is 4.79 Å². The molecule has 0 heterocycles. The molecule has 67 heavy (non-hydrogen) atoms. The number of benzene rings is 6. The summed E-state index contributed by atoms with van der Waals surface area (Å²) in [5, 5.41) is 20.8. The first-order chi connectivity index (χ1) is 31.7. The number of halogens is 8. The molecule has 0 unspecified atom stereocenters. The van der Waals surface area contributed by atoms with E-state index in [9.17, 15) is 22.4 Å². The summed E-state index contributed by atoms with van der Waals surface area (Å²) in [4.78, 5) is 15.3. The van der Waals surface area contributed by atoms with Gasteiger partial charge in [-0.25, -0.2) is 8.78 Å². The molecular formula is C53H56Cl4F4N2O4. The molecule has 0 aliphatic rings. The standard InChI is InChI=1S/C27H27Cl2F2NO2.C17H19Cl2NO.C9H10F2O/c1-19(33)27(30,31)17-20-3-13-25(14-4-20)34-16-15-32(2)18-26(21-5-9-23(28)10-6-21)22-7-11-24(29)12-8-22;1-20(10-11-21)12-17(13-2-6-15(18)7-3-13)14-4-8-16(19)9-5-14;1-9(10,11)6-7-2-4-8(12)5-3-7/h3-14,26H,15-18H2,1-2H3;2-9,17,21H,10-12H2,1H3;2-5,12H,6H2,1H3. The van der Waals surface area contributed by atoms with Crippen LogP contribution in [-0.2, 0) is 17.6 Å². The molecule has 0 amide bonds. The van der Waals surface area contributed by atoms with Gasteiger partial charge in [-0.2, -0.15) is 8.78 Å². The number of carbonyl (C=O) groups excluding carboxylic acids is 1. The Kier molecular flexibility index (Phi) is 22.0. The number of phenols is 1. The SMILES string of the molecule is CC(=O)C(F)(F)Cc1ccc(OCCN(C)CC(c2ccc(Cl)cc2)c2ccc(Cl)cc2)cc1.CC(F)(F)Cc1ccc(O)cc1.CN(CCO)CC(c1ccc(Cl)cc1)c1ccc(Cl)cc1. The Balaban J connectivity index is 0.000000250. The number of likely N-dealkylation sites (N-methyl/N-ethyl adjacent to an activating group) is 2. The fourth-order valence-corrected chi connectivity index (χ4v) is 7.44. The van der Waals surface area contributed by atoms with Crippen LogP contribution in [0.5, 0.6) is 11.5 Å².